The highest BCUT2D eigenvalue weighted by molar-refractivity contribution is 7.07. The minimum Gasteiger partial charge on any atom is -0.306 e. The Morgan fingerprint density at radius 3 is 3.26 bits per heavy atom. The third-order valence-corrected chi connectivity index (χ3v) is 4.53. The molecule has 1 aliphatic carbocycles. The maximum Gasteiger partial charge on any atom is 0.0605 e. The van der Waals surface area contributed by atoms with E-state index in [0.29, 0.717) is 12.1 Å². The zero-order valence-electron chi connectivity index (χ0n) is 11.3. The normalized spacial score (nSPS) is 19.9. The van der Waals surface area contributed by atoms with Crippen LogP contribution in [0.15, 0.2) is 35.2 Å². The first-order valence-corrected chi connectivity index (χ1v) is 7.98. The van der Waals surface area contributed by atoms with E-state index in [1.54, 1.807) is 11.3 Å². The SMILES string of the molecule is CC(Cc1ccsc1)NC1CCCc2cccnc21. The fourth-order valence-electron chi connectivity index (χ4n) is 2.94. The molecule has 2 nitrogen and oxygen atoms in total. The first-order chi connectivity index (χ1) is 9.33. The minimum atomic E-state index is 0.429. The molecule has 0 amide bonds. The van der Waals surface area contributed by atoms with Crippen LogP contribution >= 0.6 is 11.3 Å². The second-order valence-corrected chi connectivity index (χ2v) is 6.18. The van der Waals surface area contributed by atoms with Crippen LogP contribution in [0.2, 0.25) is 0 Å². The molecule has 2 aromatic heterocycles. The molecule has 0 fully saturated rings. The van der Waals surface area contributed by atoms with Crippen LogP contribution in [0.4, 0.5) is 0 Å². The first-order valence-electron chi connectivity index (χ1n) is 7.04. The van der Waals surface area contributed by atoms with Gasteiger partial charge in [0, 0.05) is 18.3 Å². The van der Waals surface area contributed by atoms with Gasteiger partial charge in [-0.1, -0.05) is 6.07 Å². The number of hydrogen-bond acceptors (Lipinski definition) is 3. The maximum absolute atomic E-state index is 4.59. The number of nitrogens with zero attached hydrogens (tertiary/aromatic N) is 1. The summed E-state index contributed by atoms with van der Waals surface area (Å²) in [7, 11) is 0. The Labute approximate surface area is 118 Å². The molecule has 19 heavy (non-hydrogen) atoms. The molecule has 1 N–H and O–H groups in total. The highest BCUT2D eigenvalue weighted by Gasteiger charge is 2.22. The predicted octanol–water partition coefficient (Wildman–Crippen LogP) is 3.74. The fraction of sp³-hybridized carbons (Fsp3) is 0.438. The van der Waals surface area contributed by atoms with Crippen LogP contribution in [-0.2, 0) is 12.8 Å². The summed E-state index contributed by atoms with van der Waals surface area (Å²) in [6.45, 7) is 2.27. The van der Waals surface area contributed by atoms with Crippen LogP contribution in [0.25, 0.3) is 0 Å². The van der Waals surface area contributed by atoms with Gasteiger partial charge in [-0.05, 0) is 66.6 Å². The van der Waals surface area contributed by atoms with E-state index in [2.05, 4.69) is 46.2 Å². The molecule has 2 unspecified atom stereocenters. The van der Waals surface area contributed by atoms with Gasteiger partial charge >= 0.3 is 0 Å². The maximum atomic E-state index is 4.59. The van der Waals surface area contributed by atoms with Crippen molar-refractivity contribution in [3.63, 3.8) is 0 Å². The molecule has 3 heteroatoms. The number of thiophene rings is 1. The molecule has 0 saturated carbocycles. The van der Waals surface area contributed by atoms with E-state index in [-0.39, 0.29) is 0 Å². The monoisotopic (exact) mass is 272 g/mol. The Morgan fingerprint density at radius 1 is 1.47 bits per heavy atom. The quantitative estimate of drug-likeness (QED) is 0.917. The number of nitrogens with one attached hydrogen (secondary N) is 1. The Morgan fingerprint density at radius 2 is 2.42 bits per heavy atom. The van der Waals surface area contributed by atoms with Gasteiger partial charge in [-0.25, -0.2) is 0 Å². The first kappa shape index (κ1) is 12.8. The summed E-state index contributed by atoms with van der Waals surface area (Å²) < 4.78 is 0. The van der Waals surface area contributed by atoms with Gasteiger partial charge in [-0.3, -0.25) is 4.98 Å². The summed E-state index contributed by atoms with van der Waals surface area (Å²) in [6.07, 6.45) is 6.67. The molecule has 2 atom stereocenters. The van der Waals surface area contributed by atoms with Crippen molar-refractivity contribution >= 4 is 11.3 Å². The van der Waals surface area contributed by atoms with Gasteiger partial charge in [0.15, 0.2) is 0 Å². The molecule has 0 spiro atoms. The standard InChI is InChI=1S/C16H20N2S/c1-12(10-13-7-9-19-11-13)18-15-6-2-4-14-5-3-8-17-16(14)15/h3,5,7-9,11-12,15,18H,2,4,6,10H2,1H3. The van der Waals surface area contributed by atoms with Gasteiger partial charge in [0.05, 0.1) is 5.69 Å². The lowest BCUT2D eigenvalue weighted by atomic mass is 9.91. The number of aromatic nitrogens is 1. The molecule has 2 aromatic rings. The minimum absolute atomic E-state index is 0.429. The van der Waals surface area contributed by atoms with Crippen LogP contribution in [0, 0.1) is 0 Å². The third kappa shape index (κ3) is 3.04. The molecule has 100 valence electrons. The number of rotatable bonds is 4. The molecule has 0 aliphatic heterocycles. The zero-order chi connectivity index (χ0) is 13.1. The smallest absolute Gasteiger partial charge is 0.0605 e. The molecule has 3 rings (SSSR count). The largest absolute Gasteiger partial charge is 0.306 e. The van der Waals surface area contributed by atoms with Crippen LogP contribution in [0.1, 0.15) is 42.6 Å². The molecule has 1 aliphatic rings. The van der Waals surface area contributed by atoms with E-state index < -0.39 is 0 Å². The van der Waals surface area contributed by atoms with E-state index in [1.807, 2.05) is 6.20 Å². The summed E-state index contributed by atoms with van der Waals surface area (Å²) >= 11 is 1.78. The van der Waals surface area contributed by atoms with Crippen molar-refractivity contribution in [1.82, 2.24) is 10.3 Å². The molecule has 0 aromatic carbocycles. The van der Waals surface area contributed by atoms with Crippen molar-refractivity contribution < 1.29 is 0 Å². The Bertz CT molecular complexity index is 521. The van der Waals surface area contributed by atoms with Gasteiger partial charge < -0.3 is 5.32 Å². The molecule has 2 heterocycles. The summed E-state index contributed by atoms with van der Waals surface area (Å²) in [4.78, 5) is 4.59. The van der Waals surface area contributed by atoms with Crippen molar-refractivity contribution in [2.45, 2.75) is 44.7 Å². The number of hydrogen-bond donors (Lipinski definition) is 1. The number of aryl methyl sites for hydroxylation is 1. The van der Waals surface area contributed by atoms with Gasteiger partial charge in [0.1, 0.15) is 0 Å². The topological polar surface area (TPSA) is 24.9 Å². The lowest BCUT2D eigenvalue weighted by Gasteiger charge is -2.28. The average Bonchev–Trinajstić information content (AvgIpc) is 2.92. The molecule has 0 saturated heterocycles. The van der Waals surface area contributed by atoms with Gasteiger partial charge in [0.25, 0.3) is 0 Å². The van der Waals surface area contributed by atoms with Gasteiger partial charge in [0.2, 0.25) is 0 Å². The second-order valence-electron chi connectivity index (χ2n) is 5.40. The van der Waals surface area contributed by atoms with E-state index in [1.165, 1.54) is 36.1 Å². The molecular weight excluding hydrogens is 252 g/mol. The second kappa shape index (κ2) is 5.85. The summed E-state index contributed by atoms with van der Waals surface area (Å²) in [5.74, 6) is 0. The van der Waals surface area contributed by atoms with Gasteiger partial charge in [-0.15, -0.1) is 0 Å². The van der Waals surface area contributed by atoms with Crippen LogP contribution < -0.4 is 5.32 Å². The summed E-state index contributed by atoms with van der Waals surface area (Å²) in [5.41, 5.74) is 4.13. The number of pyridine rings is 1. The van der Waals surface area contributed by atoms with Crippen molar-refractivity contribution in [3.05, 3.63) is 52.0 Å². The van der Waals surface area contributed by atoms with Crippen molar-refractivity contribution in [2.75, 3.05) is 0 Å². The zero-order valence-corrected chi connectivity index (χ0v) is 12.1. The van der Waals surface area contributed by atoms with Crippen LogP contribution in [0.5, 0.6) is 0 Å². The highest BCUT2D eigenvalue weighted by atomic mass is 32.1. The highest BCUT2D eigenvalue weighted by Crippen LogP contribution is 2.28. The molecule has 0 radical (unpaired) electrons. The van der Waals surface area contributed by atoms with Crippen LogP contribution in [-0.4, -0.2) is 11.0 Å². The summed E-state index contributed by atoms with van der Waals surface area (Å²) in [6, 6.07) is 7.41. The summed E-state index contributed by atoms with van der Waals surface area (Å²) in [5, 5.41) is 8.15. The average molecular weight is 272 g/mol. The van der Waals surface area contributed by atoms with Crippen molar-refractivity contribution in [1.29, 1.82) is 0 Å². The molecular formula is C16H20N2S. The molecule has 0 bridgehead atoms. The predicted molar refractivity (Wildman–Crippen MR) is 80.5 cm³/mol. The Hall–Kier alpha value is -1.19. The number of fused-ring (bicyclic) bond motifs is 1. The Balaban J connectivity index is 1.67. The Kier molecular flexibility index (Phi) is 3.95. The van der Waals surface area contributed by atoms with E-state index >= 15 is 0 Å². The van der Waals surface area contributed by atoms with E-state index in [9.17, 15) is 0 Å². The fourth-order valence-corrected chi connectivity index (χ4v) is 3.62. The van der Waals surface area contributed by atoms with Gasteiger partial charge in [-0.2, -0.15) is 11.3 Å². The van der Waals surface area contributed by atoms with E-state index in [0.717, 1.165) is 6.42 Å². The van der Waals surface area contributed by atoms with Crippen molar-refractivity contribution in [3.8, 4) is 0 Å². The van der Waals surface area contributed by atoms with Crippen molar-refractivity contribution in [2.24, 2.45) is 0 Å². The van der Waals surface area contributed by atoms with Crippen LogP contribution in [0.3, 0.4) is 0 Å². The lowest BCUT2D eigenvalue weighted by Crippen LogP contribution is -2.34. The lowest BCUT2D eigenvalue weighted by molar-refractivity contribution is 0.399. The third-order valence-electron chi connectivity index (χ3n) is 3.80. The van der Waals surface area contributed by atoms with E-state index in [4.69, 9.17) is 0 Å².